The molecule has 3 aromatic carbocycles. The summed E-state index contributed by atoms with van der Waals surface area (Å²) in [5.41, 5.74) is 4.67. The van der Waals surface area contributed by atoms with E-state index in [0.29, 0.717) is 11.4 Å². The van der Waals surface area contributed by atoms with Crippen LogP contribution in [0.25, 0.3) is 28.1 Å². The van der Waals surface area contributed by atoms with Crippen molar-refractivity contribution < 1.29 is 18.3 Å². The zero-order valence-corrected chi connectivity index (χ0v) is 22.8. The summed E-state index contributed by atoms with van der Waals surface area (Å²) in [5.74, 6) is -0.324. The lowest BCUT2D eigenvalue weighted by Crippen LogP contribution is -2.33. The highest BCUT2D eigenvalue weighted by molar-refractivity contribution is 7.92. The van der Waals surface area contributed by atoms with Crippen molar-refractivity contribution in [2.45, 2.75) is 44.0 Å². The first-order valence-corrected chi connectivity index (χ1v) is 13.9. The number of hydrogen-bond donors (Lipinski definition) is 4. The lowest BCUT2D eigenvalue weighted by atomic mass is 9.87. The Morgan fingerprint density at radius 2 is 1.71 bits per heavy atom. The molecule has 0 spiro atoms. The zero-order valence-electron chi connectivity index (χ0n) is 21.9. The van der Waals surface area contributed by atoms with Gasteiger partial charge in [-0.15, -0.1) is 0 Å². The molecule has 8 heteroatoms. The molecule has 0 aliphatic carbocycles. The fourth-order valence-electron chi connectivity index (χ4n) is 4.16. The Morgan fingerprint density at radius 3 is 2.34 bits per heavy atom. The number of H-pyrrole nitrogens is 1. The number of benzene rings is 3. The molecule has 7 nitrogen and oxygen atoms in total. The van der Waals surface area contributed by atoms with E-state index in [4.69, 9.17) is 0 Å². The molecule has 4 rings (SSSR count). The van der Waals surface area contributed by atoms with Crippen LogP contribution in [0.2, 0.25) is 0 Å². The molecule has 4 N–H and O–H groups in total. The van der Waals surface area contributed by atoms with Crippen LogP contribution in [-0.2, 0) is 20.2 Å². The molecule has 0 fully saturated rings. The van der Waals surface area contributed by atoms with E-state index in [1.165, 1.54) is 6.08 Å². The van der Waals surface area contributed by atoms with Crippen LogP contribution in [0, 0.1) is 0 Å². The first kappa shape index (κ1) is 27.2. The van der Waals surface area contributed by atoms with E-state index in [1.54, 1.807) is 37.3 Å². The number of rotatable bonds is 8. The smallest absolute Gasteiger partial charge is 0.261 e. The highest BCUT2D eigenvalue weighted by Gasteiger charge is 2.19. The molecule has 1 heterocycles. The molecule has 0 saturated heterocycles. The number of anilines is 1. The van der Waals surface area contributed by atoms with Crippen molar-refractivity contribution >= 4 is 38.6 Å². The minimum Gasteiger partial charge on any atom is -0.394 e. The van der Waals surface area contributed by atoms with Gasteiger partial charge in [0.25, 0.3) is 10.0 Å². The summed E-state index contributed by atoms with van der Waals surface area (Å²) in [6, 6.07) is 21.6. The Balaban J connectivity index is 1.71. The number of carbonyl (C=O) groups is 1. The number of aliphatic hydroxyl groups is 1. The first-order chi connectivity index (χ1) is 18.0. The van der Waals surface area contributed by atoms with Crippen LogP contribution in [-0.4, -0.2) is 37.1 Å². The molecule has 1 atom stereocenters. The molecule has 1 unspecified atom stereocenters. The van der Waals surface area contributed by atoms with E-state index in [0.717, 1.165) is 27.6 Å². The van der Waals surface area contributed by atoms with Gasteiger partial charge in [-0.25, -0.2) is 8.42 Å². The van der Waals surface area contributed by atoms with Crippen molar-refractivity contribution in [3.05, 3.63) is 90.1 Å². The minimum absolute atomic E-state index is 0.0766. The van der Waals surface area contributed by atoms with E-state index in [9.17, 15) is 18.3 Å². The maximum atomic E-state index is 13.2. The largest absolute Gasteiger partial charge is 0.394 e. The number of aromatic amines is 1. The Labute approximate surface area is 223 Å². The van der Waals surface area contributed by atoms with Gasteiger partial charge in [-0.05, 0) is 59.9 Å². The number of aromatic nitrogens is 1. The molecule has 0 aliphatic heterocycles. The number of hydrogen-bond acceptors (Lipinski definition) is 4. The number of carbonyl (C=O) groups excluding carboxylic acids is 1. The SMILES string of the molecule is CC(CO)NC(=O)C=Cc1[nH]c2ccc(NS(=O)(=O)c3ccc(C(C)(C)C)cc3)cc2c1-c1ccccc1. The predicted octanol–water partition coefficient (Wildman–Crippen LogP) is 5.44. The van der Waals surface area contributed by atoms with Crippen molar-refractivity contribution in [1.82, 2.24) is 10.3 Å². The van der Waals surface area contributed by atoms with E-state index in [2.05, 4.69) is 35.8 Å². The normalized spacial score (nSPS) is 13.1. The fourth-order valence-corrected chi connectivity index (χ4v) is 5.21. The summed E-state index contributed by atoms with van der Waals surface area (Å²) < 4.78 is 29.0. The molecule has 1 amide bonds. The van der Waals surface area contributed by atoms with Crippen LogP contribution in [0.15, 0.2) is 83.8 Å². The van der Waals surface area contributed by atoms with Gasteiger partial charge in [-0.1, -0.05) is 63.2 Å². The third-order valence-corrected chi connectivity index (χ3v) is 7.63. The Morgan fingerprint density at radius 1 is 1.03 bits per heavy atom. The molecule has 1 aromatic heterocycles. The maximum absolute atomic E-state index is 13.2. The molecule has 0 radical (unpaired) electrons. The second-order valence-electron chi connectivity index (χ2n) is 10.3. The number of nitrogens with one attached hydrogen (secondary N) is 3. The van der Waals surface area contributed by atoms with Gasteiger partial charge in [-0.2, -0.15) is 0 Å². The summed E-state index contributed by atoms with van der Waals surface area (Å²) in [5, 5.41) is 12.7. The van der Waals surface area contributed by atoms with E-state index in [1.807, 2.05) is 48.5 Å². The molecule has 4 aromatic rings. The van der Waals surface area contributed by atoms with Gasteiger partial charge >= 0.3 is 0 Å². The van der Waals surface area contributed by atoms with Crippen molar-refractivity contribution in [2.24, 2.45) is 0 Å². The molecule has 198 valence electrons. The van der Waals surface area contributed by atoms with Crippen LogP contribution < -0.4 is 10.0 Å². The molecule has 0 saturated carbocycles. The van der Waals surface area contributed by atoms with Crippen LogP contribution in [0.5, 0.6) is 0 Å². The summed E-state index contributed by atoms with van der Waals surface area (Å²) in [4.78, 5) is 15.8. The number of fused-ring (bicyclic) bond motifs is 1. The van der Waals surface area contributed by atoms with E-state index in [-0.39, 0.29) is 28.9 Å². The quantitative estimate of drug-likeness (QED) is 0.227. The summed E-state index contributed by atoms with van der Waals surface area (Å²) >= 11 is 0. The molecule has 0 aliphatic rings. The first-order valence-electron chi connectivity index (χ1n) is 12.4. The number of aliphatic hydroxyl groups excluding tert-OH is 1. The lowest BCUT2D eigenvalue weighted by molar-refractivity contribution is -0.117. The van der Waals surface area contributed by atoms with E-state index < -0.39 is 10.0 Å². The van der Waals surface area contributed by atoms with Crippen LogP contribution in [0.3, 0.4) is 0 Å². The average Bonchev–Trinajstić information content (AvgIpc) is 3.25. The third kappa shape index (κ3) is 6.15. The van der Waals surface area contributed by atoms with Crippen molar-refractivity contribution in [3.8, 4) is 11.1 Å². The molecule has 38 heavy (non-hydrogen) atoms. The number of sulfonamides is 1. The third-order valence-electron chi connectivity index (χ3n) is 6.24. The fraction of sp³-hybridized carbons (Fsp3) is 0.233. The minimum atomic E-state index is -3.80. The predicted molar refractivity (Wildman–Crippen MR) is 153 cm³/mol. The van der Waals surface area contributed by atoms with Crippen molar-refractivity contribution in [2.75, 3.05) is 11.3 Å². The summed E-state index contributed by atoms with van der Waals surface area (Å²) in [6.45, 7) is 7.80. The van der Waals surface area contributed by atoms with Gasteiger partial charge < -0.3 is 15.4 Å². The standard InChI is InChI=1S/C30H33N3O4S/c1-20(19-34)31-28(35)17-16-27-29(21-8-6-5-7-9-21)25-18-23(12-15-26(25)32-27)33-38(36,37)24-13-10-22(11-14-24)30(2,3)4/h5-18,20,32-34H,19H2,1-4H3,(H,31,35). The Bertz CT molecular complexity index is 1570. The zero-order chi connectivity index (χ0) is 27.5. The summed E-state index contributed by atoms with van der Waals surface area (Å²) in [7, 11) is -3.80. The van der Waals surface area contributed by atoms with Gasteiger partial charge in [0, 0.05) is 40.0 Å². The summed E-state index contributed by atoms with van der Waals surface area (Å²) in [6.07, 6.45) is 3.09. The van der Waals surface area contributed by atoms with Gasteiger partial charge in [-0.3, -0.25) is 9.52 Å². The maximum Gasteiger partial charge on any atom is 0.261 e. The van der Waals surface area contributed by atoms with Crippen LogP contribution >= 0.6 is 0 Å². The average molecular weight is 532 g/mol. The van der Waals surface area contributed by atoms with Crippen LogP contribution in [0.4, 0.5) is 5.69 Å². The van der Waals surface area contributed by atoms with Gasteiger partial charge in [0.05, 0.1) is 11.5 Å². The molecular formula is C30H33N3O4S. The molecule has 0 bridgehead atoms. The van der Waals surface area contributed by atoms with Crippen LogP contribution in [0.1, 0.15) is 39.0 Å². The van der Waals surface area contributed by atoms with E-state index >= 15 is 0 Å². The van der Waals surface area contributed by atoms with Gasteiger partial charge in [0.15, 0.2) is 0 Å². The van der Waals surface area contributed by atoms with Crippen molar-refractivity contribution in [1.29, 1.82) is 0 Å². The van der Waals surface area contributed by atoms with Gasteiger partial charge in [0.1, 0.15) is 0 Å². The highest BCUT2D eigenvalue weighted by atomic mass is 32.2. The monoisotopic (exact) mass is 531 g/mol. The highest BCUT2D eigenvalue weighted by Crippen LogP contribution is 2.35. The second-order valence-corrected chi connectivity index (χ2v) is 12.0. The Kier molecular flexibility index (Phi) is 7.76. The van der Waals surface area contributed by atoms with Crippen molar-refractivity contribution in [3.63, 3.8) is 0 Å². The lowest BCUT2D eigenvalue weighted by Gasteiger charge is -2.19. The Hall–Kier alpha value is -3.88. The molecular weight excluding hydrogens is 498 g/mol. The number of amides is 1. The second kappa shape index (κ2) is 10.8. The van der Waals surface area contributed by atoms with Gasteiger partial charge in [0.2, 0.25) is 5.91 Å². The topological polar surface area (TPSA) is 111 Å².